The molecule has 0 saturated carbocycles. The molecule has 43 heavy (non-hydrogen) atoms. The van der Waals surface area contributed by atoms with Gasteiger partial charge in [0.05, 0.1) is 16.5 Å². The fourth-order valence-electron chi connectivity index (χ4n) is 5.57. The van der Waals surface area contributed by atoms with E-state index in [-0.39, 0.29) is 22.4 Å². The van der Waals surface area contributed by atoms with E-state index in [1.807, 2.05) is 51.2 Å². The number of fused-ring (bicyclic) bond motifs is 2. The molecular formula is C32H33N5O5S. The van der Waals surface area contributed by atoms with Crippen LogP contribution in [0.2, 0.25) is 0 Å². The summed E-state index contributed by atoms with van der Waals surface area (Å²) in [5.74, 6) is 0.613. The number of carbonyl (C=O) groups excluding carboxylic acids is 1. The molecule has 0 spiro atoms. The Morgan fingerprint density at radius 2 is 1.74 bits per heavy atom. The third-order valence-corrected chi connectivity index (χ3v) is 9.86. The van der Waals surface area contributed by atoms with E-state index in [0.717, 1.165) is 38.1 Å². The minimum atomic E-state index is -3.98. The van der Waals surface area contributed by atoms with Gasteiger partial charge in [-0.05, 0) is 55.8 Å². The lowest BCUT2D eigenvalue weighted by Crippen LogP contribution is -2.55. The summed E-state index contributed by atoms with van der Waals surface area (Å²) in [7, 11) is -0.540. The van der Waals surface area contributed by atoms with Crippen molar-refractivity contribution in [1.29, 1.82) is 0 Å². The highest BCUT2D eigenvalue weighted by atomic mass is 32.2. The molecule has 1 aliphatic heterocycles. The van der Waals surface area contributed by atoms with Crippen molar-refractivity contribution in [3.63, 3.8) is 0 Å². The molecule has 5 aromatic rings. The van der Waals surface area contributed by atoms with Crippen molar-refractivity contribution in [3.05, 3.63) is 89.0 Å². The van der Waals surface area contributed by atoms with E-state index in [9.17, 15) is 18.0 Å². The monoisotopic (exact) mass is 599 g/mol. The Balaban J connectivity index is 1.28. The summed E-state index contributed by atoms with van der Waals surface area (Å²) in [6, 6.07) is 17.6. The molecule has 1 saturated heterocycles. The zero-order valence-corrected chi connectivity index (χ0v) is 25.3. The minimum absolute atomic E-state index is 0.0962. The third-order valence-electron chi connectivity index (χ3n) is 8.17. The smallest absolute Gasteiger partial charge is 0.275 e. The highest BCUT2D eigenvalue weighted by molar-refractivity contribution is 7.90. The molecule has 0 N–H and O–H groups in total. The predicted octanol–water partition coefficient (Wildman–Crippen LogP) is 3.64. The van der Waals surface area contributed by atoms with Crippen molar-refractivity contribution >= 4 is 37.7 Å². The van der Waals surface area contributed by atoms with Gasteiger partial charge in [0.2, 0.25) is 11.8 Å². The number of amides is 1. The first-order chi connectivity index (χ1) is 20.5. The third kappa shape index (κ3) is 5.19. The number of nitrogens with zero attached hydrogens (tertiary/aromatic N) is 5. The van der Waals surface area contributed by atoms with E-state index in [2.05, 4.69) is 9.88 Å². The summed E-state index contributed by atoms with van der Waals surface area (Å²) in [4.78, 5) is 34.1. The molecule has 0 bridgehead atoms. The van der Waals surface area contributed by atoms with Gasteiger partial charge in [-0.25, -0.2) is 17.4 Å². The molecule has 6 rings (SSSR count). The van der Waals surface area contributed by atoms with E-state index in [1.54, 1.807) is 48.5 Å². The number of pyridine rings is 2. The maximum Gasteiger partial charge on any atom is 0.275 e. The standard InChI is InChI=1S/C32H33N5O5S/c1-21-5-9-25(10-6-21)43(40,41)37-14-13-26-27(20-35(4)32(39)30(26)37)23-7-11-28-24(19-23)8-12-29(33-28)42-18-17-36-16-15-34(3)31(38)22(36)2/h5-14,19-20,22H,15-18H2,1-4H3/t22-/m1/s1. The molecule has 1 atom stereocenters. The topological polar surface area (TPSA) is 107 Å². The number of likely N-dealkylation sites (N-methyl/N-ethyl adjacent to an activating group) is 1. The molecule has 1 aliphatic rings. The zero-order chi connectivity index (χ0) is 30.5. The first-order valence-corrected chi connectivity index (χ1v) is 15.5. The van der Waals surface area contributed by atoms with Gasteiger partial charge in [0.15, 0.2) is 0 Å². The van der Waals surface area contributed by atoms with Crippen LogP contribution in [0.5, 0.6) is 5.88 Å². The zero-order valence-electron chi connectivity index (χ0n) is 24.5. The molecule has 0 unspecified atom stereocenters. The Morgan fingerprint density at radius 1 is 0.977 bits per heavy atom. The molecule has 0 radical (unpaired) electrons. The van der Waals surface area contributed by atoms with Gasteiger partial charge in [0.1, 0.15) is 12.1 Å². The molecule has 2 aromatic carbocycles. The van der Waals surface area contributed by atoms with Gasteiger partial charge in [-0.1, -0.05) is 23.8 Å². The van der Waals surface area contributed by atoms with E-state index < -0.39 is 15.6 Å². The Hall–Kier alpha value is -4.48. The van der Waals surface area contributed by atoms with Crippen LogP contribution in [0.3, 0.4) is 0 Å². The van der Waals surface area contributed by atoms with E-state index in [0.29, 0.717) is 31.0 Å². The molecule has 3 aromatic heterocycles. The molecule has 0 aliphatic carbocycles. The van der Waals surface area contributed by atoms with Crippen LogP contribution in [0.15, 0.2) is 82.7 Å². The highest BCUT2D eigenvalue weighted by Crippen LogP contribution is 2.31. The highest BCUT2D eigenvalue weighted by Gasteiger charge is 2.29. The molecule has 222 valence electrons. The molecule has 1 amide bonds. The second-order valence-corrected chi connectivity index (χ2v) is 12.8. The number of benzene rings is 2. The predicted molar refractivity (Wildman–Crippen MR) is 166 cm³/mol. The van der Waals surface area contributed by atoms with Gasteiger partial charge in [0, 0.05) is 68.5 Å². The van der Waals surface area contributed by atoms with Crippen molar-refractivity contribution in [2.24, 2.45) is 7.05 Å². The van der Waals surface area contributed by atoms with Gasteiger partial charge >= 0.3 is 0 Å². The summed E-state index contributed by atoms with van der Waals surface area (Å²) in [6.07, 6.45) is 3.17. The fourth-order valence-corrected chi connectivity index (χ4v) is 6.91. The number of hydrogen-bond donors (Lipinski definition) is 0. The van der Waals surface area contributed by atoms with Crippen LogP contribution in [-0.4, -0.2) is 77.0 Å². The number of aromatic nitrogens is 3. The van der Waals surface area contributed by atoms with Gasteiger partial charge in [-0.3, -0.25) is 14.5 Å². The van der Waals surface area contributed by atoms with Crippen LogP contribution >= 0.6 is 0 Å². The van der Waals surface area contributed by atoms with Crippen LogP contribution < -0.4 is 10.3 Å². The fraction of sp³-hybridized carbons (Fsp3) is 0.281. The Bertz CT molecular complexity index is 2030. The summed E-state index contributed by atoms with van der Waals surface area (Å²) in [5, 5.41) is 1.42. The maximum absolute atomic E-state index is 13.5. The average Bonchev–Trinajstić information content (AvgIpc) is 3.45. The van der Waals surface area contributed by atoms with E-state index in [1.165, 1.54) is 10.8 Å². The maximum atomic E-state index is 13.5. The molecule has 4 heterocycles. The van der Waals surface area contributed by atoms with Crippen molar-refractivity contribution in [2.75, 3.05) is 33.3 Å². The largest absolute Gasteiger partial charge is 0.476 e. The van der Waals surface area contributed by atoms with Crippen molar-refractivity contribution in [2.45, 2.75) is 24.8 Å². The normalized spacial score (nSPS) is 16.3. The van der Waals surface area contributed by atoms with Gasteiger partial charge < -0.3 is 14.2 Å². The summed E-state index contributed by atoms with van der Waals surface area (Å²) < 4.78 is 35.5. The van der Waals surface area contributed by atoms with Gasteiger partial charge in [0.25, 0.3) is 15.6 Å². The van der Waals surface area contributed by atoms with Gasteiger partial charge in [-0.15, -0.1) is 0 Å². The number of carbonyl (C=O) groups is 1. The summed E-state index contributed by atoms with van der Waals surface area (Å²) in [6.45, 7) is 6.35. The molecular weight excluding hydrogens is 566 g/mol. The number of ether oxygens (including phenoxy) is 1. The first kappa shape index (κ1) is 28.6. The molecule has 10 nitrogen and oxygen atoms in total. The van der Waals surface area contributed by atoms with Crippen LogP contribution in [0.25, 0.3) is 32.9 Å². The lowest BCUT2D eigenvalue weighted by Gasteiger charge is -2.37. The molecule has 11 heteroatoms. The Kier molecular flexibility index (Phi) is 7.31. The number of piperazine rings is 1. The van der Waals surface area contributed by atoms with Gasteiger partial charge in [-0.2, -0.15) is 0 Å². The number of aryl methyl sites for hydroxylation is 2. The molecule has 1 fully saturated rings. The van der Waals surface area contributed by atoms with E-state index in [4.69, 9.17) is 4.74 Å². The Morgan fingerprint density at radius 3 is 2.51 bits per heavy atom. The minimum Gasteiger partial charge on any atom is -0.476 e. The van der Waals surface area contributed by atoms with Crippen molar-refractivity contribution in [1.82, 2.24) is 23.3 Å². The van der Waals surface area contributed by atoms with E-state index >= 15 is 0 Å². The summed E-state index contributed by atoms with van der Waals surface area (Å²) >= 11 is 0. The SMILES string of the molecule is Cc1ccc(S(=O)(=O)n2ccc3c(-c4ccc5nc(OCCN6CCN(C)C(=O)[C@H]6C)ccc5c4)cn(C)c(=O)c32)cc1. The van der Waals surface area contributed by atoms with Crippen LogP contribution in [0.1, 0.15) is 12.5 Å². The van der Waals surface area contributed by atoms with Crippen molar-refractivity contribution in [3.8, 4) is 17.0 Å². The average molecular weight is 600 g/mol. The summed E-state index contributed by atoms with van der Waals surface area (Å²) in [5.41, 5.74) is 2.93. The quantitative estimate of drug-likeness (QED) is 0.281. The van der Waals surface area contributed by atoms with Crippen molar-refractivity contribution < 1.29 is 17.9 Å². The number of rotatable bonds is 7. The first-order valence-electron chi connectivity index (χ1n) is 14.1. The van der Waals surface area contributed by atoms with Crippen LogP contribution in [0.4, 0.5) is 0 Å². The second kappa shape index (κ2) is 11.0. The number of hydrogen-bond acceptors (Lipinski definition) is 7. The lowest BCUT2D eigenvalue weighted by molar-refractivity contribution is -0.139. The van der Waals surface area contributed by atoms with Crippen LogP contribution in [0, 0.1) is 6.92 Å². The lowest BCUT2D eigenvalue weighted by atomic mass is 10.0. The second-order valence-electron chi connectivity index (χ2n) is 11.0. The Labute approximate surface area is 249 Å². The van der Waals surface area contributed by atoms with Crippen LogP contribution in [-0.2, 0) is 21.9 Å².